The summed E-state index contributed by atoms with van der Waals surface area (Å²) in [4.78, 5) is 10.9. The van der Waals surface area contributed by atoms with Gasteiger partial charge in [-0.25, -0.2) is 0 Å². The molecular formula is C12H14N2O. The van der Waals surface area contributed by atoms with Crippen molar-refractivity contribution in [2.45, 2.75) is 12.6 Å². The minimum absolute atomic E-state index is 0.0770. The van der Waals surface area contributed by atoms with E-state index >= 15 is 0 Å². The van der Waals surface area contributed by atoms with E-state index < -0.39 is 0 Å². The van der Waals surface area contributed by atoms with E-state index in [9.17, 15) is 4.79 Å². The van der Waals surface area contributed by atoms with Gasteiger partial charge < -0.3 is 5.32 Å². The van der Waals surface area contributed by atoms with E-state index in [0.29, 0.717) is 6.54 Å². The number of hydrogen-bond acceptors (Lipinski definition) is 2. The van der Waals surface area contributed by atoms with Crippen molar-refractivity contribution in [2.75, 3.05) is 6.54 Å². The Morgan fingerprint density at radius 2 is 2.13 bits per heavy atom. The molecule has 2 N–H and O–H groups in total. The van der Waals surface area contributed by atoms with Crippen LogP contribution in [-0.2, 0) is 4.79 Å². The lowest BCUT2D eigenvalue weighted by atomic mass is 10.2. The minimum atomic E-state index is 0.0770. The number of carbonyl (C=O) groups is 1. The van der Waals surface area contributed by atoms with Gasteiger partial charge in [-0.3, -0.25) is 10.1 Å². The fourth-order valence-corrected chi connectivity index (χ4v) is 1.56. The number of carbonyl (C=O) groups excluding carboxylic acids is 1. The largest absolute Gasteiger partial charge is 0.339 e. The van der Waals surface area contributed by atoms with Crippen LogP contribution in [0.25, 0.3) is 6.08 Å². The lowest BCUT2D eigenvalue weighted by molar-refractivity contribution is -0.118. The van der Waals surface area contributed by atoms with Crippen LogP contribution in [0.5, 0.6) is 0 Å². The van der Waals surface area contributed by atoms with Gasteiger partial charge in [-0.2, -0.15) is 0 Å². The fraction of sp³-hybridized carbons (Fsp3) is 0.250. The van der Waals surface area contributed by atoms with Crippen LogP contribution in [0.4, 0.5) is 0 Å². The molecule has 2 rings (SSSR count). The monoisotopic (exact) mass is 202 g/mol. The molecular weight excluding hydrogens is 188 g/mol. The summed E-state index contributed by atoms with van der Waals surface area (Å²) >= 11 is 0. The van der Waals surface area contributed by atoms with E-state index in [1.54, 1.807) is 0 Å². The van der Waals surface area contributed by atoms with Crippen molar-refractivity contribution in [2.24, 2.45) is 0 Å². The molecule has 1 heterocycles. The third-order valence-electron chi connectivity index (χ3n) is 2.33. The van der Waals surface area contributed by atoms with Crippen LogP contribution in [0.1, 0.15) is 12.0 Å². The number of nitrogens with one attached hydrogen (secondary N) is 2. The second-order valence-electron chi connectivity index (χ2n) is 3.55. The van der Waals surface area contributed by atoms with E-state index in [0.717, 1.165) is 6.42 Å². The Labute approximate surface area is 89.2 Å². The highest BCUT2D eigenvalue weighted by molar-refractivity contribution is 5.80. The highest BCUT2D eigenvalue weighted by atomic mass is 16.2. The molecule has 1 aliphatic rings. The van der Waals surface area contributed by atoms with Crippen molar-refractivity contribution in [1.82, 2.24) is 10.6 Å². The second-order valence-corrected chi connectivity index (χ2v) is 3.55. The molecule has 0 aliphatic carbocycles. The van der Waals surface area contributed by atoms with E-state index in [-0.39, 0.29) is 12.1 Å². The summed E-state index contributed by atoms with van der Waals surface area (Å²) < 4.78 is 0. The third-order valence-corrected chi connectivity index (χ3v) is 2.33. The molecule has 1 amide bonds. The van der Waals surface area contributed by atoms with Gasteiger partial charge in [0.15, 0.2) is 0 Å². The molecule has 1 aromatic carbocycles. The molecule has 3 heteroatoms. The molecule has 1 aromatic rings. The Balaban J connectivity index is 1.83. The average molecular weight is 202 g/mol. The zero-order chi connectivity index (χ0) is 10.5. The van der Waals surface area contributed by atoms with Crippen molar-refractivity contribution in [1.29, 1.82) is 0 Å². The molecule has 1 fully saturated rings. The van der Waals surface area contributed by atoms with Gasteiger partial charge in [-0.05, 0) is 12.0 Å². The van der Waals surface area contributed by atoms with Crippen LogP contribution < -0.4 is 10.6 Å². The summed E-state index contributed by atoms with van der Waals surface area (Å²) in [6.45, 7) is 0.434. The summed E-state index contributed by atoms with van der Waals surface area (Å²) in [5.74, 6) is 0.0770. The lowest BCUT2D eigenvalue weighted by Crippen LogP contribution is -2.31. The molecule has 78 valence electrons. The summed E-state index contributed by atoms with van der Waals surface area (Å²) in [5.41, 5.74) is 1.18. The first kappa shape index (κ1) is 9.93. The maximum atomic E-state index is 10.9. The standard InChI is InChI=1S/C12H14N2O/c15-12-9-13-11(14-12)8-4-7-10-5-2-1-3-6-10/h1-7,11,13H,8-9H2,(H,14,15). The topological polar surface area (TPSA) is 41.1 Å². The zero-order valence-electron chi connectivity index (χ0n) is 8.44. The van der Waals surface area contributed by atoms with Crippen LogP contribution in [0.15, 0.2) is 36.4 Å². The van der Waals surface area contributed by atoms with E-state index in [4.69, 9.17) is 0 Å². The van der Waals surface area contributed by atoms with E-state index in [2.05, 4.69) is 34.9 Å². The normalized spacial score (nSPS) is 20.8. The SMILES string of the molecule is O=C1CNC(CC=Cc2ccccc2)N1. The zero-order valence-corrected chi connectivity index (χ0v) is 8.44. The molecule has 3 nitrogen and oxygen atoms in total. The summed E-state index contributed by atoms with van der Waals surface area (Å²) in [6, 6.07) is 10.1. The van der Waals surface area contributed by atoms with Gasteiger partial charge in [-0.1, -0.05) is 42.5 Å². The smallest absolute Gasteiger partial charge is 0.235 e. The predicted octanol–water partition coefficient (Wildman–Crippen LogP) is 1.14. The van der Waals surface area contributed by atoms with Crippen LogP contribution in [0, 0.1) is 0 Å². The Morgan fingerprint density at radius 3 is 2.80 bits per heavy atom. The lowest BCUT2D eigenvalue weighted by Gasteiger charge is -2.05. The Morgan fingerprint density at radius 1 is 1.33 bits per heavy atom. The van der Waals surface area contributed by atoms with Crippen LogP contribution in [0.3, 0.4) is 0 Å². The second kappa shape index (κ2) is 4.75. The molecule has 0 aromatic heterocycles. The van der Waals surface area contributed by atoms with E-state index in [1.165, 1.54) is 5.56 Å². The molecule has 0 bridgehead atoms. The molecule has 1 saturated heterocycles. The van der Waals surface area contributed by atoms with Gasteiger partial charge in [-0.15, -0.1) is 0 Å². The van der Waals surface area contributed by atoms with E-state index in [1.807, 2.05) is 18.2 Å². The highest BCUT2D eigenvalue weighted by Crippen LogP contribution is 2.03. The van der Waals surface area contributed by atoms with Crippen molar-refractivity contribution in [3.8, 4) is 0 Å². The maximum Gasteiger partial charge on any atom is 0.235 e. The Hall–Kier alpha value is -1.61. The third kappa shape index (κ3) is 2.92. The van der Waals surface area contributed by atoms with Crippen molar-refractivity contribution < 1.29 is 4.79 Å². The molecule has 15 heavy (non-hydrogen) atoms. The average Bonchev–Trinajstić information content (AvgIpc) is 2.66. The van der Waals surface area contributed by atoms with Gasteiger partial charge in [0.1, 0.15) is 0 Å². The van der Waals surface area contributed by atoms with Crippen LogP contribution in [-0.4, -0.2) is 18.6 Å². The van der Waals surface area contributed by atoms with Crippen LogP contribution >= 0.6 is 0 Å². The number of rotatable bonds is 3. The molecule has 1 unspecified atom stereocenters. The summed E-state index contributed by atoms with van der Waals surface area (Å²) in [6.07, 6.45) is 5.04. The first-order valence-corrected chi connectivity index (χ1v) is 5.09. The van der Waals surface area contributed by atoms with Crippen molar-refractivity contribution in [3.63, 3.8) is 0 Å². The highest BCUT2D eigenvalue weighted by Gasteiger charge is 2.17. The van der Waals surface area contributed by atoms with Crippen LogP contribution in [0.2, 0.25) is 0 Å². The number of amides is 1. The van der Waals surface area contributed by atoms with Crippen molar-refractivity contribution >= 4 is 12.0 Å². The maximum absolute atomic E-state index is 10.9. The van der Waals surface area contributed by atoms with Gasteiger partial charge in [0.25, 0.3) is 0 Å². The first-order valence-electron chi connectivity index (χ1n) is 5.09. The number of hydrogen-bond donors (Lipinski definition) is 2. The molecule has 1 aliphatic heterocycles. The number of benzene rings is 1. The van der Waals surface area contributed by atoms with Gasteiger partial charge in [0.2, 0.25) is 5.91 Å². The molecule has 0 saturated carbocycles. The summed E-state index contributed by atoms with van der Waals surface area (Å²) in [5, 5.41) is 5.92. The molecule has 0 radical (unpaired) electrons. The minimum Gasteiger partial charge on any atom is -0.339 e. The molecule has 1 atom stereocenters. The molecule has 0 spiro atoms. The quantitative estimate of drug-likeness (QED) is 0.771. The van der Waals surface area contributed by atoms with Gasteiger partial charge in [0.05, 0.1) is 12.7 Å². The summed E-state index contributed by atoms with van der Waals surface area (Å²) in [7, 11) is 0. The van der Waals surface area contributed by atoms with Gasteiger partial charge >= 0.3 is 0 Å². The fourth-order valence-electron chi connectivity index (χ4n) is 1.56. The van der Waals surface area contributed by atoms with Crippen molar-refractivity contribution in [3.05, 3.63) is 42.0 Å². The Kier molecular flexibility index (Phi) is 3.15. The van der Waals surface area contributed by atoms with Gasteiger partial charge in [0, 0.05) is 0 Å². The Bertz CT molecular complexity index is 359. The predicted molar refractivity (Wildman–Crippen MR) is 60.0 cm³/mol. The first-order chi connectivity index (χ1) is 7.34.